The molecular formula is C16H22FNO3. The quantitative estimate of drug-likeness (QED) is 0.872. The molecule has 0 saturated heterocycles. The fourth-order valence-electron chi connectivity index (χ4n) is 2.39. The number of fused-ring (bicyclic) bond motifs is 1. The van der Waals surface area contributed by atoms with E-state index in [4.69, 9.17) is 9.84 Å². The molecule has 0 fully saturated rings. The van der Waals surface area contributed by atoms with Gasteiger partial charge in [-0.1, -0.05) is 13.8 Å². The average Bonchev–Trinajstić information content (AvgIpc) is 2.44. The normalized spacial score (nSPS) is 17.8. The van der Waals surface area contributed by atoms with Crippen LogP contribution in [0.1, 0.15) is 25.8 Å². The number of nitrogens with one attached hydrogen (secondary N) is 1. The van der Waals surface area contributed by atoms with Crippen LogP contribution in [0.4, 0.5) is 4.39 Å². The second kappa shape index (κ2) is 6.43. The number of ether oxygens (including phenoxy) is 1. The Bertz CT molecular complexity index is 516. The van der Waals surface area contributed by atoms with Crippen LogP contribution in [0.5, 0.6) is 5.75 Å². The fraction of sp³-hybridized carbons (Fsp3) is 0.562. The van der Waals surface area contributed by atoms with E-state index in [1.54, 1.807) is 6.07 Å². The summed E-state index contributed by atoms with van der Waals surface area (Å²) in [6.45, 7) is 4.89. The van der Waals surface area contributed by atoms with Crippen molar-refractivity contribution < 1.29 is 19.0 Å². The second-order valence-electron chi connectivity index (χ2n) is 6.32. The number of hydrogen-bond donors (Lipinski definition) is 2. The summed E-state index contributed by atoms with van der Waals surface area (Å²) in [6.07, 6.45) is 1.11. The summed E-state index contributed by atoms with van der Waals surface area (Å²) >= 11 is 0. The van der Waals surface area contributed by atoms with E-state index in [1.807, 2.05) is 13.8 Å². The van der Waals surface area contributed by atoms with Crippen molar-refractivity contribution in [1.29, 1.82) is 0 Å². The molecule has 2 N–H and O–H groups in total. The second-order valence-corrected chi connectivity index (χ2v) is 6.32. The molecule has 116 valence electrons. The van der Waals surface area contributed by atoms with E-state index in [0.717, 1.165) is 5.56 Å². The number of aliphatic hydroxyl groups excluding tert-OH is 1. The molecule has 1 amide bonds. The highest BCUT2D eigenvalue weighted by atomic mass is 19.1. The molecule has 1 aliphatic heterocycles. The average molecular weight is 295 g/mol. The van der Waals surface area contributed by atoms with Crippen molar-refractivity contribution in [1.82, 2.24) is 5.32 Å². The Morgan fingerprint density at radius 1 is 1.52 bits per heavy atom. The molecule has 1 unspecified atom stereocenters. The topological polar surface area (TPSA) is 58.6 Å². The van der Waals surface area contributed by atoms with Crippen LogP contribution >= 0.6 is 0 Å². The van der Waals surface area contributed by atoms with Crippen molar-refractivity contribution in [3.8, 4) is 5.75 Å². The van der Waals surface area contributed by atoms with Gasteiger partial charge < -0.3 is 15.2 Å². The summed E-state index contributed by atoms with van der Waals surface area (Å²) in [5, 5.41) is 11.9. The largest absolute Gasteiger partial charge is 0.492 e. The zero-order valence-corrected chi connectivity index (χ0v) is 12.5. The van der Waals surface area contributed by atoms with Crippen molar-refractivity contribution in [3.63, 3.8) is 0 Å². The van der Waals surface area contributed by atoms with Gasteiger partial charge in [-0.3, -0.25) is 4.79 Å². The lowest BCUT2D eigenvalue weighted by molar-refractivity contribution is -0.126. The number of halogens is 1. The molecule has 1 atom stereocenters. The van der Waals surface area contributed by atoms with Gasteiger partial charge in [0.2, 0.25) is 5.91 Å². The van der Waals surface area contributed by atoms with Crippen LogP contribution in [0.15, 0.2) is 18.2 Å². The summed E-state index contributed by atoms with van der Waals surface area (Å²) in [6, 6.07) is 4.38. The van der Waals surface area contributed by atoms with Crippen molar-refractivity contribution in [2.75, 3.05) is 19.8 Å². The zero-order chi connectivity index (χ0) is 15.5. The molecular weight excluding hydrogens is 273 g/mol. The van der Waals surface area contributed by atoms with Crippen molar-refractivity contribution in [2.45, 2.75) is 26.7 Å². The minimum Gasteiger partial charge on any atom is -0.492 e. The van der Waals surface area contributed by atoms with Crippen LogP contribution in [0.2, 0.25) is 0 Å². The van der Waals surface area contributed by atoms with Gasteiger partial charge in [0, 0.05) is 13.2 Å². The van der Waals surface area contributed by atoms with Crippen molar-refractivity contribution >= 4 is 5.91 Å². The monoisotopic (exact) mass is 295 g/mol. The summed E-state index contributed by atoms with van der Waals surface area (Å²) in [7, 11) is 0. The zero-order valence-electron chi connectivity index (χ0n) is 12.5. The third-order valence-corrected chi connectivity index (χ3v) is 3.83. The predicted molar refractivity (Wildman–Crippen MR) is 77.6 cm³/mol. The lowest BCUT2D eigenvalue weighted by Gasteiger charge is -2.28. The number of hydrogen-bond acceptors (Lipinski definition) is 3. The molecule has 0 aliphatic carbocycles. The lowest BCUT2D eigenvalue weighted by atomic mass is 9.89. The molecule has 5 heteroatoms. The molecule has 0 bridgehead atoms. The molecule has 2 rings (SSSR count). The van der Waals surface area contributed by atoms with E-state index in [1.165, 1.54) is 12.1 Å². The van der Waals surface area contributed by atoms with Crippen molar-refractivity contribution in [2.24, 2.45) is 11.3 Å². The van der Waals surface area contributed by atoms with Crippen LogP contribution in [0, 0.1) is 17.2 Å². The van der Waals surface area contributed by atoms with E-state index < -0.39 is 0 Å². The molecule has 1 aromatic rings. The molecule has 1 aliphatic rings. The Labute approximate surface area is 124 Å². The number of aliphatic hydroxyl groups is 1. The van der Waals surface area contributed by atoms with E-state index in [2.05, 4.69) is 5.32 Å². The number of rotatable bonds is 5. The first-order valence-corrected chi connectivity index (χ1v) is 7.21. The Balaban J connectivity index is 1.93. The molecule has 1 heterocycles. The fourth-order valence-corrected chi connectivity index (χ4v) is 2.39. The van der Waals surface area contributed by atoms with Gasteiger partial charge in [0.1, 0.15) is 18.2 Å². The SMILES string of the molecule is CC(C)(CCO)CNC(=O)C1COc2ccc(F)cc2C1. The van der Waals surface area contributed by atoms with E-state index >= 15 is 0 Å². The Kier molecular flexibility index (Phi) is 4.83. The van der Waals surface area contributed by atoms with Gasteiger partial charge in [0.25, 0.3) is 0 Å². The highest BCUT2D eigenvalue weighted by molar-refractivity contribution is 5.79. The van der Waals surface area contributed by atoms with Crippen LogP contribution in [0.3, 0.4) is 0 Å². The summed E-state index contributed by atoms with van der Waals surface area (Å²) in [5.41, 5.74) is 0.584. The van der Waals surface area contributed by atoms with Crippen LogP contribution < -0.4 is 10.1 Å². The summed E-state index contributed by atoms with van der Waals surface area (Å²) in [5.74, 6) is -0.0521. The van der Waals surface area contributed by atoms with Gasteiger partial charge in [-0.25, -0.2) is 4.39 Å². The summed E-state index contributed by atoms with van der Waals surface area (Å²) in [4.78, 5) is 12.2. The molecule has 21 heavy (non-hydrogen) atoms. The molecule has 0 aromatic heterocycles. The van der Waals surface area contributed by atoms with E-state index in [-0.39, 0.29) is 29.7 Å². The smallest absolute Gasteiger partial charge is 0.226 e. The minimum atomic E-state index is -0.317. The standard InChI is InChI=1S/C16H22FNO3/c1-16(2,5-6-19)10-18-15(20)12-7-11-8-13(17)3-4-14(11)21-9-12/h3-4,8,12,19H,5-7,9-10H2,1-2H3,(H,18,20). The first-order valence-electron chi connectivity index (χ1n) is 7.21. The number of benzene rings is 1. The molecule has 0 spiro atoms. The predicted octanol–water partition coefficient (Wildman–Crippen LogP) is 1.90. The molecule has 0 radical (unpaired) electrons. The Hall–Kier alpha value is -1.62. The first kappa shape index (κ1) is 15.8. The van der Waals surface area contributed by atoms with Crippen molar-refractivity contribution in [3.05, 3.63) is 29.6 Å². The highest BCUT2D eigenvalue weighted by Gasteiger charge is 2.27. The van der Waals surface area contributed by atoms with Crippen LogP contribution in [0.25, 0.3) is 0 Å². The van der Waals surface area contributed by atoms with Gasteiger partial charge >= 0.3 is 0 Å². The highest BCUT2D eigenvalue weighted by Crippen LogP contribution is 2.28. The van der Waals surface area contributed by atoms with Crippen LogP contribution in [-0.2, 0) is 11.2 Å². The Morgan fingerprint density at radius 3 is 3.00 bits per heavy atom. The number of carbonyl (C=O) groups excluding carboxylic acids is 1. The summed E-state index contributed by atoms with van der Waals surface area (Å²) < 4.78 is 18.8. The number of carbonyl (C=O) groups is 1. The molecule has 0 saturated carbocycles. The maximum absolute atomic E-state index is 13.2. The minimum absolute atomic E-state index is 0.0871. The van der Waals surface area contributed by atoms with E-state index in [9.17, 15) is 9.18 Å². The third kappa shape index (κ3) is 4.17. The maximum Gasteiger partial charge on any atom is 0.226 e. The first-order chi connectivity index (χ1) is 9.91. The molecule has 4 nitrogen and oxygen atoms in total. The number of amides is 1. The van der Waals surface area contributed by atoms with Gasteiger partial charge in [0.05, 0.1) is 5.92 Å². The van der Waals surface area contributed by atoms with Gasteiger partial charge in [-0.05, 0) is 42.0 Å². The van der Waals surface area contributed by atoms with E-state index in [0.29, 0.717) is 31.7 Å². The lowest BCUT2D eigenvalue weighted by Crippen LogP contribution is -2.41. The van der Waals surface area contributed by atoms with Gasteiger partial charge in [0.15, 0.2) is 0 Å². The van der Waals surface area contributed by atoms with Crippen LogP contribution in [-0.4, -0.2) is 30.8 Å². The van der Waals surface area contributed by atoms with Gasteiger partial charge in [-0.15, -0.1) is 0 Å². The van der Waals surface area contributed by atoms with Gasteiger partial charge in [-0.2, -0.15) is 0 Å². The molecule has 1 aromatic carbocycles. The Morgan fingerprint density at radius 2 is 2.29 bits per heavy atom. The maximum atomic E-state index is 13.2. The third-order valence-electron chi connectivity index (χ3n) is 3.83.